The smallest absolute Gasteiger partial charge is 0.230 e. The molecule has 3 aromatic rings. The lowest BCUT2D eigenvalue weighted by molar-refractivity contribution is -0.115. The second-order valence-electron chi connectivity index (χ2n) is 6.86. The van der Waals surface area contributed by atoms with Crippen LogP contribution in [0.3, 0.4) is 0 Å². The van der Waals surface area contributed by atoms with Crippen LogP contribution in [0, 0.1) is 0 Å². The Bertz CT molecular complexity index is 924. The van der Waals surface area contributed by atoms with Gasteiger partial charge in [0.25, 0.3) is 0 Å². The number of nitrogens with one attached hydrogen (secondary N) is 2. The topological polar surface area (TPSA) is 100 Å². The zero-order chi connectivity index (χ0) is 20.5. The van der Waals surface area contributed by atoms with Crippen LogP contribution in [0.15, 0.2) is 72.8 Å². The lowest BCUT2D eigenvalue weighted by Crippen LogP contribution is -2.23. The molecule has 0 saturated carbocycles. The van der Waals surface area contributed by atoms with Gasteiger partial charge in [0.05, 0.1) is 18.2 Å². The Morgan fingerprint density at radius 3 is 2.35 bits per heavy atom. The number of pyridine rings is 1. The molecule has 2 aromatic carbocycles. The molecule has 1 unspecified atom stereocenters. The average molecular weight is 463 g/mol. The van der Waals surface area contributed by atoms with Crippen LogP contribution in [0.5, 0.6) is 0 Å². The summed E-state index contributed by atoms with van der Waals surface area (Å²) >= 11 is 0. The van der Waals surface area contributed by atoms with E-state index >= 15 is 0 Å². The minimum Gasteiger partial charge on any atom is -0.387 e. The molecule has 166 valence electrons. The average Bonchev–Trinajstić information content (AvgIpc) is 2.73. The van der Waals surface area contributed by atoms with Crippen molar-refractivity contribution < 1.29 is 9.90 Å². The van der Waals surface area contributed by atoms with E-state index in [-0.39, 0.29) is 37.1 Å². The fraction of sp³-hybridized carbons (Fsp3) is 0.217. The van der Waals surface area contributed by atoms with Gasteiger partial charge in [-0.25, -0.2) is 4.98 Å². The van der Waals surface area contributed by atoms with Crippen molar-refractivity contribution in [1.29, 1.82) is 0 Å². The van der Waals surface area contributed by atoms with Gasteiger partial charge in [0.15, 0.2) is 0 Å². The monoisotopic (exact) mass is 462 g/mol. The lowest BCUT2D eigenvalue weighted by Gasteiger charge is -2.12. The molecule has 0 aliphatic heterocycles. The number of anilines is 2. The van der Waals surface area contributed by atoms with Gasteiger partial charge in [-0.3, -0.25) is 4.79 Å². The molecule has 1 amide bonds. The first-order valence-corrected chi connectivity index (χ1v) is 9.64. The number of aromatic nitrogens is 1. The third-order valence-corrected chi connectivity index (χ3v) is 4.52. The molecule has 0 radical (unpaired) electrons. The maximum atomic E-state index is 12.1. The number of rotatable bonds is 9. The third kappa shape index (κ3) is 8.94. The Hall–Kier alpha value is -2.64. The molecule has 5 N–H and O–H groups in total. The summed E-state index contributed by atoms with van der Waals surface area (Å²) < 4.78 is 0. The fourth-order valence-corrected chi connectivity index (χ4v) is 2.99. The summed E-state index contributed by atoms with van der Waals surface area (Å²) in [5.41, 5.74) is 9.09. The highest BCUT2D eigenvalue weighted by molar-refractivity contribution is 5.92. The van der Waals surface area contributed by atoms with Crippen LogP contribution in [0.25, 0.3) is 0 Å². The van der Waals surface area contributed by atoms with Gasteiger partial charge < -0.3 is 21.5 Å². The molecule has 31 heavy (non-hydrogen) atoms. The zero-order valence-electron chi connectivity index (χ0n) is 17.0. The number of hydrogen-bond acceptors (Lipinski definition) is 5. The van der Waals surface area contributed by atoms with E-state index in [2.05, 4.69) is 15.6 Å². The van der Waals surface area contributed by atoms with E-state index in [0.717, 1.165) is 29.8 Å². The number of aliphatic hydroxyl groups is 1. The minimum absolute atomic E-state index is 0. The third-order valence-electron chi connectivity index (χ3n) is 4.52. The number of nitrogens with zero attached hydrogens (tertiary/aromatic N) is 1. The maximum Gasteiger partial charge on any atom is 0.230 e. The predicted octanol–water partition coefficient (Wildman–Crippen LogP) is 3.55. The van der Waals surface area contributed by atoms with Crippen molar-refractivity contribution in [3.05, 3.63) is 89.6 Å². The first kappa shape index (κ1) is 26.4. The van der Waals surface area contributed by atoms with Crippen molar-refractivity contribution in [3.63, 3.8) is 0 Å². The van der Waals surface area contributed by atoms with E-state index in [9.17, 15) is 9.90 Å². The maximum absolute atomic E-state index is 12.1. The van der Waals surface area contributed by atoms with E-state index in [1.807, 2.05) is 54.6 Å². The highest BCUT2D eigenvalue weighted by atomic mass is 35.5. The minimum atomic E-state index is -0.511. The zero-order valence-corrected chi connectivity index (χ0v) is 18.7. The van der Waals surface area contributed by atoms with Crippen molar-refractivity contribution in [3.8, 4) is 0 Å². The highest BCUT2D eigenvalue weighted by Gasteiger charge is 2.07. The van der Waals surface area contributed by atoms with Gasteiger partial charge >= 0.3 is 0 Å². The molecule has 0 aliphatic carbocycles. The number of amides is 1. The van der Waals surface area contributed by atoms with E-state index in [1.54, 1.807) is 18.2 Å². The molecule has 6 nitrogen and oxygen atoms in total. The van der Waals surface area contributed by atoms with Crippen LogP contribution in [-0.2, 0) is 17.6 Å². The van der Waals surface area contributed by atoms with Gasteiger partial charge in [0, 0.05) is 12.2 Å². The van der Waals surface area contributed by atoms with E-state index in [4.69, 9.17) is 5.73 Å². The van der Waals surface area contributed by atoms with Gasteiger partial charge in [-0.15, -0.1) is 24.8 Å². The molecule has 0 spiro atoms. The molecule has 3 rings (SSSR count). The van der Waals surface area contributed by atoms with E-state index in [1.165, 1.54) is 0 Å². The summed E-state index contributed by atoms with van der Waals surface area (Å²) in [6, 6.07) is 22.6. The number of nitrogen functional groups attached to an aromatic ring is 1. The Labute approximate surface area is 195 Å². The summed E-state index contributed by atoms with van der Waals surface area (Å²) in [5, 5.41) is 16.3. The van der Waals surface area contributed by atoms with Crippen molar-refractivity contribution in [2.45, 2.75) is 18.9 Å². The van der Waals surface area contributed by atoms with Crippen molar-refractivity contribution in [1.82, 2.24) is 10.3 Å². The number of nitrogens with two attached hydrogens (primary N) is 1. The number of hydrogen-bond donors (Lipinski definition) is 4. The van der Waals surface area contributed by atoms with Crippen molar-refractivity contribution in [2.24, 2.45) is 0 Å². The largest absolute Gasteiger partial charge is 0.387 e. The molecule has 1 atom stereocenters. The molecule has 1 aromatic heterocycles. The van der Waals surface area contributed by atoms with Crippen LogP contribution in [0.4, 0.5) is 11.5 Å². The molecular weight excluding hydrogens is 435 g/mol. The summed E-state index contributed by atoms with van der Waals surface area (Å²) in [6.07, 6.45) is 0.506. The standard InChI is InChI=1S/C23H26N4O2.2ClH/c24-22-8-4-7-20(26-22)15-23(29)27-19-11-9-17(10-12-19)13-14-25-16-21(28)18-5-2-1-3-6-18;;/h1-12,21,25,28H,13-16H2,(H2,24,26)(H,27,29);2*1H. The molecule has 0 saturated heterocycles. The van der Waals surface area contributed by atoms with Crippen LogP contribution in [0.2, 0.25) is 0 Å². The van der Waals surface area contributed by atoms with Gasteiger partial charge in [-0.05, 0) is 48.4 Å². The Morgan fingerprint density at radius 1 is 0.968 bits per heavy atom. The number of halogens is 2. The molecule has 8 heteroatoms. The van der Waals surface area contributed by atoms with E-state index in [0.29, 0.717) is 18.1 Å². The van der Waals surface area contributed by atoms with Crippen LogP contribution >= 0.6 is 24.8 Å². The molecule has 1 heterocycles. The fourth-order valence-electron chi connectivity index (χ4n) is 2.99. The van der Waals surface area contributed by atoms with Gasteiger partial charge in [0.1, 0.15) is 5.82 Å². The van der Waals surface area contributed by atoms with Gasteiger partial charge in [-0.2, -0.15) is 0 Å². The molecule has 0 fully saturated rings. The summed E-state index contributed by atoms with van der Waals surface area (Å²) in [6.45, 7) is 1.27. The molecule has 0 bridgehead atoms. The Balaban J connectivity index is 0.00000240. The van der Waals surface area contributed by atoms with Crippen molar-refractivity contribution in [2.75, 3.05) is 24.1 Å². The van der Waals surface area contributed by atoms with Crippen molar-refractivity contribution >= 4 is 42.2 Å². The summed E-state index contributed by atoms with van der Waals surface area (Å²) in [7, 11) is 0. The van der Waals surface area contributed by atoms with Gasteiger partial charge in [-0.1, -0.05) is 48.5 Å². The normalized spacial score (nSPS) is 11.0. The number of carbonyl (C=O) groups is 1. The quantitative estimate of drug-likeness (QED) is 0.364. The van der Waals surface area contributed by atoms with Crippen LogP contribution in [-0.4, -0.2) is 29.1 Å². The summed E-state index contributed by atoms with van der Waals surface area (Å²) in [5.74, 6) is 0.275. The van der Waals surface area contributed by atoms with E-state index < -0.39 is 6.10 Å². The van der Waals surface area contributed by atoms with Gasteiger partial charge in [0.2, 0.25) is 5.91 Å². The molecule has 0 aliphatic rings. The summed E-state index contributed by atoms with van der Waals surface area (Å²) in [4.78, 5) is 16.3. The second-order valence-corrected chi connectivity index (χ2v) is 6.86. The second kappa shape index (κ2) is 13.6. The first-order chi connectivity index (χ1) is 14.1. The number of aliphatic hydroxyl groups excluding tert-OH is 1. The highest BCUT2D eigenvalue weighted by Crippen LogP contribution is 2.12. The first-order valence-electron chi connectivity index (χ1n) is 9.64. The number of carbonyl (C=O) groups excluding carboxylic acids is 1. The molecular formula is C23H28Cl2N4O2. The van der Waals surface area contributed by atoms with Crippen LogP contribution in [0.1, 0.15) is 22.9 Å². The SMILES string of the molecule is Cl.Cl.Nc1cccc(CC(=O)Nc2ccc(CCNCC(O)c3ccccc3)cc2)n1. The predicted molar refractivity (Wildman–Crippen MR) is 130 cm³/mol. The Kier molecular flexibility index (Phi) is 11.6. The Morgan fingerprint density at radius 2 is 1.68 bits per heavy atom. The number of benzene rings is 2. The van der Waals surface area contributed by atoms with Crippen LogP contribution < -0.4 is 16.4 Å². The lowest BCUT2D eigenvalue weighted by atomic mass is 10.1.